The first-order chi connectivity index (χ1) is 12.7. The number of methoxy groups -OCH3 is 1. The maximum atomic E-state index is 12.8. The van der Waals surface area contributed by atoms with Crippen LogP contribution >= 0.6 is 0 Å². The molecule has 0 saturated carbocycles. The molecule has 136 valence electrons. The zero-order valence-corrected chi connectivity index (χ0v) is 15.0. The van der Waals surface area contributed by atoms with E-state index in [2.05, 4.69) is 14.9 Å². The Morgan fingerprint density at radius 3 is 2.62 bits per heavy atom. The van der Waals surface area contributed by atoms with Crippen molar-refractivity contribution >= 4 is 11.9 Å². The average molecular weight is 354 g/mol. The van der Waals surface area contributed by atoms with Crippen LogP contribution in [-0.4, -0.2) is 54.2 Å². The van der Waals surface area contributed by atoms with E-state index in [1.807, 2.05) is 36.1 Å². The highest BCUT2D eigenvalue weighted by Crippen LogP contribution is 2.31. The van der Waals surface area contributed by atoms with Crippen molar-refractivity contribution in [2.24, 2.45) is 0 Å². The fourth-order valence-electron chi connectivity index (χ4n) is 3.38. The fraction of sp³-hybridized carbons (Fsp3) is 0.421. The SMILES string of the molecule is COc1ccc(C(C)N2Cc3nc(N4CCOCC4)ncc3C2=O)cc1. The molecule has 0 aliphatic carbocycles. The van der Waals surface area contributed by atoms with Crippen LogP contribution < -0.4 is 9.64 Å². The van der Waals surface area contributed by atoms with Crippen molar-refractivity contribution in [3.63, 3.8) is 0 Å². The van der Waals surface area contributed by atoms with Crippen LogP contribution in [0.4, 0.5) is 5.95 Å². The number of amides is 1. The minimum Gasteiger partial charge on any atom is -0.497 e. The molecule has 1 aromatic carbocycles. The zero-order chi connectivity index (χ0) is 18.1. The van der Waals surface area contributed by atoms with Crippen molar-refractivity contribution in [1.82, 2.24) is 14.9 Å². The van der Waals surface area contributed by atoms with E-state index >= 15 is 0 Å². The fourth-order valence-corrected chi connectivity index (χ4v) is 3.38. The predicted octanol–water partition coefficient (Wildman–Crippen LogP) is 2.04. The van der Waals surface area contributed by atoms with Crippen LogP contribution in [0.2, 0.25) is 0 Å². The molecule has 1 fully saturated rings. The van der Waals surface area contributed by atoms with Gasteiger partial charge in [-0.25, -0.2) is 9.97 Å². The second-order valence-corrected chi connectivity index (χ2v) is 6.51. The van der Waals surface area contributed by atoms with E-state index in [1.54, 1.807) is 13.3 Å². The number of carbonyl (C=O) groups is 1. The lowest BCUT2D eigenvalue weighted by molar-refractivity contribution is 0.0715. The molecule has 26 heavy (non-hydrogen) atoms. The Hall–Kier alpha value is -2.67. The van der Waals surface area contributed by atoms with Crippen molar-refractivity contribution < 1.29 is 14.3 Å². The Balaban J connectivity index is 1.54. The van der Waals surface area contributed by atoms with Crippen molar-refractivity contribution in [2.45, 2.75) is 19.5 Å². The topological polar surface area (TPSA) is 67.8 Å². The maximum Gasteiger partial charge on any atom is 0.258 e. The van der Waals surface area contributed by atoms with Gasteiger partial charge in [0.2, 0.25) is 5.95 Å². The van der Waals surface area contributed by atoms with Crippen LogP contribution in [-0.2, 0) is 11.3 Å². The molecule has 7 nitrogen and oxygen atoms in total. The number of nitrogens with zero attached hydrogens (tertiary/aromatic N) is 4. The third-order valence-corrected chi connectivity index (χ3v) is 5.03. The van der Waals surface area contributed by atoms with Crippen LogP contribution in [0, 0.1) is 0 Å². The first kappa shape index (κ1) is 16.8. The Morgan fingerprint density at radius 1 is 1.19 bits per heavy atom. The highest BCUT2D eigenvalue weighted by Gasteiger charge is 2.33. The number of anilines is 1. The van der Waals surface area contributed by atoms with Gasteiger partial charge in [0.15, 0.2) is 0 Å². The average Bonchev–Trinajstić information content (AvgIpc) is 3.04. The molecule has 1 saturated heterocycles. The molecule has 7 heteroatoms. The molecule has 0 bridgehead atoms. The van der Waals surface area contributed by atoms with Crippen molar-refractivity contribution in [2.75, 3.05) is 38.3 Å². The minimum absolute atomic E-state index is 0.0168. The van der Waals surface area contributed by atoms with Gasteiger partial charge >= 0.3 is 0 Å². The molecule has 3 heterocycles. The summed E-state index contributed by atoms with van der Waals surface area (Å²) >= 11 is 0. The maximum absolute atomic E-state index is 12.8. The number of hydrogen-bond acceptors (Lipinski definition) is 6. The van der Waals surface area contributed by atoms with Crippen LogP contribution in [0.3, 0.4) is 0 Å². The van der Waals surface area contributed by atoms with Gasteiger partial charge in [0, 0.05) is 19.3 Å². The summed E-state index contributed by atoms with van der Waals surface area (Å²) < 4.78 is 10.6. The minimum atomic E-state index is -0.0468. The van der Waals surface area contributed by atoms with Gasteiger partial charge in [-0.15, -0.1) is 0 Å². The molecule has 2 aliphatic rings. The second kappa shape index (κ2) is 6.92. The molecule has 2 aromatic rings. The quantitative estimate of drug-likeness (QED) is 0.837. The first-order valence-corrected chi connectivity index (χ1v) is 8.81. The zero-order valence-electron chi connectivity index (χ0n) is 15.0. The predicted molar refractivity (Wildman–Crippen MR) is 96.3 cm³/mol. The summed E-state index contributed by atoms with van der Waals surface area (Å²) in [4.78, 5) is 25.8. The molecular weight excluding hydrogens is 332 g/mol. The summed E-state index contributed by atoms with van der Waals surface area (Å²) in [7, 11) is 1.64. The van der Waals surface area contributed by atoms with Crippen LogP contribution in [0.15, 0.2) is 30.5 Å². The number of aromatic nitrogens is 2. The monoisotopic (exact) mass is 354 g/mol. The Labute approximate surface area is 152 Å². The standard InChI is InChI=1S/C19H22N4O3/c1-13(14-3-5-15(25-2)6-4-14)23-12-17-16(18(23)24)11-20-19(21-17)22-7-9-26-10-8-22/h3-6,11,13H,7-10,12H2,1-2H3. The summed E-state index contributed by atoms with van der Waals surface area (Å²) in [5.74, 6) is 1.47. The first-order valence-electron chi connectivity index (χ1n) is 8.81. The van der Waals surface area contributed by atoms with E-state index in [4.69, 9.17) is 9.47 Å². The van der Waals surface area contributed by atoms with Gasteiger partial charge in [0.05, 0.1) is 44.2 Å². The van der Waals surface area contributed by atoms with E-state index in [-0.39, 0.29) is 11.9 Å². The normalized spacial score (nSPS) is 18.0. The highest BCUT2D eigenvalue weighted by atomic mass is 16.5. The molecule has 2 aliphatic heterocycles. The number of carbonyl (C=O) groups excluding carboxylic acids is 1. The smallest absolute Gasteiger partial charge is 0.258 e. The number of hydrogen-bond donors (Lipinski definition) is 0. The van der Waals surface area contributed by atoms with Crippen LogP contribution in [0.25, 0.3) is 0 Å². The molecule has 0 N–H and O–H groups in total. The summed E-state index contributed by atoms with van der Waals surface area (Å²) in [6.07, 6.45) is 1.66. The van der Waals surface area contributed by atoms with Gasteiger partial charge in [-0.3, -0.25) is 4.79 Å². The third kappa shape index (κ3) is 2.99. The van der Waals surface area contributed by atoms with Gasteiger partial charge in [0.1, 0.15) is 5.75 Å². The number of rotatable bonds is 4. The molecule has 1 unspecified atom stereocenters. The van der Waals surface area contributed by atoms with Gasteiger partial charge in [-0.05, 0) is 24.6 Å². The summed E-state index contributed by atoms with van der Waals surface area (Å²) in [5.41, 5.74) is 2.46. The number of fused-ring (bicyclic) bond motifs is 1. The van der Waals surface area contributed by atoms with E-state index in [0.29, 0.717) is 31.3 Å². The molecule has 1 atom stereocenters. The van der Waals surface area contributed by atoms with E-state index in [9.17, 15) is 4.79 Å². The van der Waals surface area contributed by atoms with Crippen LogP contribution in [0.1, 0.15) is 34.6 Å². The third-order valence-electron chi connectivity index (χ3n) is 5.03. The second-order valence-electron chi connectivity index (χ2n) is 6.51. The lowest BCUT2D eigenvalue weighted by Gasteiger charge is -2.26. The molecular formula is C19H22N4O3. The van der Waals surface area contributed by atoms with Crippen molar-refractivity contribution in [1.29, 1.82) is 0 Å². The molecule has 0 radical (unpaired) electrons. The van der Waals surface area contributed by atoms with Gasteiger partial charge in [-0.1, -0.05) is 12.1 Å². The molecule has 1 amide bonds. The Kier molecular flexibility index (Phi) is 4.46. The van der Waals surface area contributed by atoms with Gasteiger partial charge < -0.3 is 19.3 Å². The number of ether oxygens (including phenoxy) is 2. The summed E-state index contributed by atoms with van der Waals surface area (Å²) in [5, 5.41) is 0. The van der Waals surface area contributed by atoms with Crippen molar-refractivity contribution in [3.05, 3.63) is 47.3 Å². The molecule has 4 rings (SSSR count). The van der Waals surface area contributed by atoms with Gasteiger partial charge in [-0.2, -0.15) is 0 Å². The van der Waals surface area contributed by atoms with Gasteiger partial charge in [0.25, 0.3) is 5.91 Å². The lowest BCUT2D eigenvalue weighted by Crippen LogP contribution is -2.37. The summed E-state index contributed by atoms with van der Waals surface area (Å²) in [6, 6.07) is 7.76. The van der Waals surface area contributed by atoms with E-state index in [1.165, 1.54) is 0 Å². The highest BCUT2D eigenvalue weighted by molar-refractivity contribution is 5.97. The lowest BCUT2D eigenvalue weighted by atomic mass is 10.1. The number of benzene rings is 1. The molecule has 1 aromatic heterocycles. The Bertz CT molecular complexity index is 803. The largest absolute Gasteiger partial charge is 0.497 e. The molecule has 0 spiro atoms. The van der Waals surface area contributed by atoms with Crippen molar-refractivity contribution in [3.8, 4) is 5.75 Å². The summed E-state index contributed by atoms with van der Waals surface area (Å²) in [6.45, 7) is 5.44. The number of morpholine rings is 1. The Morgan fingerprint density at radius 2 is 1.92 bits per heavy atom. The van der Waals surface area contributed by atoms with E-state index in [0.717, 1.165) is 30.1 Å². The van der Waals surface area contributed by atoms with Crippen LogP contribution in [0.5, 0.6) is 5.75 Å². The van der Waals surface area contributed by atoms with E-state index < -0.39 is 0 Å².